The highest BCUT2D eigenvalue weighted by molar-refractivity contribution is 5.27. The summed E-state index contributed by atoms with van der Waals surface area (Å²) in [6.45, 7) is 8.60. The topological polar surface area (TPSA) is 24.5 Å². The molecule has 0 bridgehead atoms. The molecule has 0 aromatic heterocycles. The number of aryl methyl sites for hydroxylation is 1. The van der Waals surface area contributed by atoms with E-state index in [0.717, 1.165) is 31.5 Å². The first kappa shape index (κ1) is 20.1. The van der Waals surface area contributed by atoms with E-state index in [2.05, 4.69) is 42.6 Å². The Kier molecular flexibility index (Phi) is 7.20. The second-order valence-corrected chi connectivity index (χ2v) is 8.06. The lowest BCUT2D eigenvalue weighted by molar-refractivity contribution is -0.0498. The molecule has 5 heteroatoms. The van der Waals surface area contributed by atoms with Crippen molar-refractivity contribution in [2.75, 3.05) is 13.1 Å². The van der Waals surface area contributed by atoms with Gasteiger partial charge in [0.2, 0.25) is 0 Å². The number of piperidine rings is 1. The van der Waals surface area contributed by atoms with Gasteiger partial charge >= 0.3 is 6.61 Å². The van der Waals surface area contributed by atoms with Gasteiger partial charge in [-0.25, -0.2) is 0 Å². The summed E-state index contributed by atoms with van der Waals surface area (Å²) >= 11 is 0. The molecule has 0 radical (unpaired) electrons. The zero-order valence-electron chi connectivity index (χ0n) is 15.9. The molecule has 0 aliphatic carbocycles. The van der Waals surface area contributed by atoms with E-state index in [4.69, 9.17) is 0 Å². The number of rotatable bonds is 7. The molecule has 1 fully saturated rings. The van der Waals surface area contributed by atoms with Crippen LogP contribution >= 0.6 is 0 Å². The molecule has 0 spiro atoms. The maximum absolute atomic E-state index is 12.2. The molecule has 1 N–H and O–H groups in total. The summed E-state index contributed by atoms with van der Waals surface area (Å²) in [5.41, 5.74) is 1.41. The van der Waals surface area contributed by atoms with Gasteiger partial charge in [0.25, 0.3) is 0 Å². The fourth-order valence-corrected chi connectivity index (χ4v) is 3.42. The summed E-state index contributed by atoms with van der Waals surface area (Å²) in [5.74, 6) is 0.218. The van der Waals surface area contributed by atoms with E-state index in [9.17, 15) is 8.78 Å². The first-order chi connectivity index (χ1) is 11.7. The lowest BCUT2D eigenvalue weighted by Crippen LogP contribution is -2.51. The monoisotopic (exact) mass is 354 g/mol. The lowest BCUT2D eigenvalue weighted by Gasteiger charge is -2.41. The van der Waals surface area contributed by atoms with Gasteiger partial charge in [-0.05, 0) is 71.1 Å². The molecule has 1 aromatic carbocycles. The van der Waals surface area contributed by atoms with Crippen LogP contribution in [0.5, 0.6) is 5.75 Å². The molecule has 0 amide bonds. The highest BCUT2D eigenvalue weighted by Gasteiger charge is 2.27. The fraction of sp³-hybridized carbons (Fsp3) is 0.700. The fourth-order valence-electron chi connectivity index (χ4n) is 3.42. The van der Waals surface area contributed by atoms with Crippen molar-refractivity contribution >= 4 is 0 Å². The normalized spacial score (nSPS) is 18.5. The number of nitrogens with one attached hydrogen (secondary N) is 1. The number of halogens is 2. The van der Waals surface area contributed by atoms with Crippen molar-refractivity contribution < 1.29 is 13.5 Å². The molecule has 1 unspecified atom stereocenters. The second-order valence-electron chi connectivity index (χ2n) is 8.06. The number of hydrogen-bond donors (Lipinski definition) is 1. The Morgan fingerprint density at radius 3 is 2.28 bits per heavy atom. The molecule has 1 aliphatic heterocycles. The van der Waals surface area contributed by atoms with E-state index < -0.39 is 6.61 Å². The molecule has 1 aliphatic rings. The molecule has 25 heavy (non-hydrogen) atoms. The van der Waals surface area contributed by atoms with Crippen molar-refractivity contribution in [1.82, 2.24) is 10.2 Å². The minimum absolute atomic E-state index is 0.218. The zero-order valence-corrected chi connectivity index (χ0v) is 15.9. The van der Waals surface area contributed by atoms with Crippen LogP contribution in [0.4, 0.5) is 8.78 Å². The van der Waals surface area contributed by atoms with Gasteiger partial charge in [-0.2, -0.15) is 8.78 Å². The van der Waals surface area contributed by atoms with Crippen molar-refractivity contribution in [3.8, 4) is 5.75 Å². The van der Waals surface area contributed by atoms with E-state index in [1.54, 1.807) is 12.1 Å². The molecule has 2 rings (SSSR count). The Morgan fingerprint density at radius 2 is 1.76 bits per heavy atom. The van der Waals surface area contributed by atoms with Gasteiger partial charge in [-0.1, -0.05) is 12.1 Å². The molecule has 1 heterocycles. The first-order valence-corrected chi connectivity index (χ1v) is 9.29. The smallest absolute Gasteiger partial charge is 0.387 e. The summed E-state index contributed by atoms with van der Waals surface area (Å²) in [4.78, 5) is 2.55. The van der Waals surface area contributed by atoms with Gasteiger partial charge in [0.05, 0.1) is 0 Å². The molecule has 1 atom stereocenters. The van der Waals surface area contributed by atoms with Crippen LogP contribution in [-0.2, 0) is 6.42 Å². The van der Waals surface area contributed by atoms with E-state index in [1.165, 1.54) is 12.8 Å². The summed E-state index contributed by atoms with van der Waals surface area (Å²) in [6.07, 6.45) is 4.36. The molecule has 1 saturated heterocycles. The molecular formula is C20H32F2N2O. The summed E-state index contributed by atoms with van der Waals surface area (Å²) < 4.78 is 28.7. The number of hydrogen-bond acceptors (Lipinski definition) is 3. The minimum Gasteiger partial charge on any atom is -0.435 e. The number of likely N-dealkylation sites (tertiary alicyclic amines) is 1. The second kappa shape index (κ2) is 8.95. The molecule has 142 valence electrons. The van der Waals surface area contributed by atoms with E-state index >= 15 is 0 Å². The Balaban J connectivity index is 1.70. The van der Waals surface area contributed by atoms with Crippen LogP contribution in [0.1, 0.15) is 52.5 Å². The third-order valence-electron chi connectivity index (χ3n) is 4.98. The van der Waals surface area contributed by atoms with Crippen molar-refractivity contribution in [3.05, 3.63) is 29.8 Å². The third-order valence-corrected chi connectivity index (χ3v) is 4.98. The van der Waals surface area contributed by atoms with Gasteiger partial charge in [-0.15, -0.1) is 0 Å². The largest absolute Gasteiger partial charge is 0.435 e. The maximum atomic E-state index is 12.2. The third kappa shape index (κ3) is 6.90. The lowest BCUT2D eigenvalue weighted by atomic mass is 9.97. The predicted octanol–water partition coefficient (Wildman–Crippen LogP) is 4.46. The quantitative estimate of drug-likeness (QED) is 0.782. The van der Waals surface area contributed by atoms with Gasteiger partial charge < -0.3 is 10.1 Å². The Bertz CT molecular complexity index is 505. The van der Waals surface area contributed by atoms with Gasteiger partial charge in [-0.3, -0.25) is 4.90 Å². The van der Waals surface area contributed by atoms with Crippen molar-refractivity contribution in [2.45, 2.75) is 77.6 Å². The summed E-state index contributed by atoms with van der Waals surface area (Å²) in [6, 6.07) is 8.00. The Morgan fingerprint density at radius 1 is 1.16 bits per heavy atom. The Hall–Kier alpha value is -1.20. The van der Waals surface area contributed by atoms with Crippen LogP contribution in [0.3, 0.4) is 0 Å². The van der Waals surface area contributed by atoms with Crippen LogP contribution < -0.4 is 10.1 Å². The Labute approximate surface area is 150 Å². The van der Waals surface area contributed by atoms with Crippen LogP contribution in [-0.4, -0.2) is 42.2 Å². The van der Waals surface area contributed by atoms with Crippen molar-refractivity contribution in [1.29, 1.82) is 0 Å². The minimum atomic E-state index is -2.76. The standard InChI is InChI=1S/C20H32F2N2O/c1-15(23-17-11-13-24(14-12-17)20(2,3)4)5-6-16-7-9-18(10-8-16)25-19(21)22/h7-10,15,17,19,23H,5-6,11-14H2,1-4H3. The highest BCUT2D eigenvalue weighted by atomic mass is 19.3. The average Bonchev–Trinajstić information content (AvgIpc) is 2.53. The summed E-state index contributed by atoms with van der Waals surface area (Å²) in [5, 5.41) is 3.75. The summed E-state index contributed by atoms with van der Waals surface area (Å²) in [7, 11) is 0. The van der Waals surface area contributed by atoms with E-state index in [-0.39, 0.29) is 11.3 Å². The number of nitrogens with zero attached hydrogens (tertiary/aromatic N) is 1. The van der Waals surface area contributed by atoms with Crippen LogP contribution in [0.2, 0.25) is 0 Å². The highest BCUT2D eigenvalue weighted by Crippen LogP contribution is 2.21. The van der Waals surface area contributed by atoms with Gasteiger partial charge in [0, 0.05) is 30.7 Å². The molecular weight excluding hydrogens is 322 g/mol. The van der Waals surface area contributed by atoms with Crippen LogP contribution in [0, 0.1) is 0 Å². The maximum Gasteiger partial charge on any atom is 0.387 e. The van der Waals surface area contributed by atoms with E-state index in [0.29, 0.717) is 12.1 Å². The van der Waals surface area contributed by atoms with Crippen LogP contribution in [0.15, 0.2) is 24.3 Å². The molecule has 3 nitrogen and oxygen atoms in total. The number of alkyl halides is 2. The first-order valence-electron chi connectivity index (χ1n) is 9.29. The number of ether oxygens (including phenoxy) is 1. The van der Waals surface area contributed by atoms with Crippen molar-refractivity contribution in [3.63, 3.8) is 0 Å². The van der Waals surface area contributed by atoms with E-state index in [1.807, 2.05) is 12.1 Å². The van der Waals surface area contributed by atoms with Gasteiger partial charge in [0.15, 0.2) is 0 Å². The number of benzene rings is 1. The van der Waals surface area contributed by atoms with Crippen LogP contribution in [0.25, 0.3) is 0 Å². The molecule has 0 saturated carbocycles. The molecule has 1 aromatic rings. The average molecular weight is 354 g/mol. The SMILES string of the molecule is CC(CCc1ccc(OC(F)F)cc1)NC1CCN(C(C)(C)C)CC1. The predicted molar refractivity (Wildman–Crippen MR) is 98.3 cm³/mol. The van der Waals surface area contributed by atoms with Gasteiger partial charge in [0.1, 0.15) is 5.75 Å². The zero-order chi connectivity index (χ0) is 18.4. The van der Waals surface area contributed by atoms with Crippen molar-refractivity contribution in [2.24, 2.45) is 0 Å².